The zero-order valence-corrected chi connectivity index (χ0v) is 9.45. The lowest BCUT2D eigenvalue weighted by Crippen LogP contribution is -2.64. The van der Waals surface area contributed by atoms with Crippen LogP contribution in [0.5, 0.6) is 0 Å². The monoisotopic (exact) mass is 222 g/mol. The number of urea groups is 1. The van der Waals surface area contributed by atoms with Gasteiger partial charge < -0.3 is 5.32 Å². The number of imide groups is 1. The Bertz CT molecular complexity index is 325. The summed E-state index contributed by atoms with van der Waals surface area (Å²) >= 11 is 0. The fourth-order valence-electron chi connectivity index (χ4n) is 3.10. The van der Waals surface area contributed by atoms with E-state index in [1.165, 1.54) is 4.90 Å². The van der Waals surface area contributed by atoms with Gasteiger partial charge in [0.1, 0.15) is 0 Å². The number of hydrogen-bond acceptors (Lipinski definition) is 2. The molecule has 3 rings (SSSR count). The van der Waals surface area contributed by atoms with Gasteiger partial charge in [0.05, 0.1) is 5.92 Å². The van der Waals surface area contributed by atoms with Crippen LogP contribution in [0.3, 0.4) is 0 Å². The second kappa shape index (κ2) is 3.75. The zero-order valence-electron chi connectivity index (χ0n) is 9.45. The van der Waals surface area contributed by atoms with Gasteiger partial charge in [-0.3, -0.25) is 9.69 Å². The molecule has 0 radical (unpaired) electrons. The molecule has 0 aromatic heterocycles. The number of nitrogens with zero attached hydrogens (tertiary/aromatic N) is 1. The van der Waals surface area contributed by atoms with Crippen molar-refractivity contribution in [3.8, 4) is 0 Å². The van der Waals surface area contributed by atoms with Crippen molar-refractivity contribution in [3.63, 3.8) is 0 Å². The van der Waals surface area contributed by atoms with Gasteiger partial charge in [-0.15, -0.1) is 0 Å². The Morgan fingerprint density at radius 2 is 1.75 bits per heavy atom. The molecular formula is C12H18N2O2. The van der Waals surface area contributed by atoms with Crippen molar-refractivity contribution >= 4 is 11.9 Å². The van der Waals surface area contributed by atoms with Gasteiger partial charge in [0.25, 0.3) is 0 Å². The molecule has 4 nitrogen and oxygen atoms in total. The minimum absolute atomic E-state index is 0.0621. The van der Waals surface area contributed by atoms with Crippen molar-refractivity contribution in [1.82, 2.24) is 10.2 Å². The highest BCUT2D eigenvalue weighted by atomic mass is 16.2. The van der Waals surface area contributed by atoms with Crippen molar-refractivity contribution in [3.05, 3.63) is 0 Å². The maximum Gasteiger partial charge on any atom is 0.324 e. The van der Waals surface area contributed by atoms with Crippen LogP contribution in [0.25, 0.3) is 0 Å². The molecule has 1 N–H and O–H groups in total. The van der Waals surface area contributed by atoms with Gasteiger partial charge in [0, 0.05) is 12.1 Å². The third kappa shape index (κ3) is 1.43. The van der Waals surface area contributed by atoms with Crippen LogP contribution in [-0.4, -0.2) is 28.9 Å². The van der Waals surface area contributed by atoms with E-state index in [2.05, 4.69) is 5.32 Å². The Labute approximate surface area is 95.4 Å². The number of rotatable bonds is 1. The van der Waals surface area contributed by atoms with Crippen LogP contribution in [0, 0.1) is 5.92 Å². The standard InChI is InChI=1S/C12H18N2O2/c15-11-9-6-1-2-7-10(9)13-12(16)14(11)8-4-3-5-8/h8-10H,1-7H2,(H,13,16). The summed E-state index contributed by atoms with van der Waals surface area (Å²) in [5, 5.41) is 3.01. The molecule has 1 aliphatic heterocycles. The van der Waals surface area contributed by atoms with Gasteiger partial charge >= 0.3 is 6.03 Å². The quantitative estimate of drug-likeness (QED) is 0.733. The van der Waals surface area contributed by atoms with E-state index in [1.54, 1.807) is 0 Å². The van der Waals surface area contributed by atoms with Crippen molar-refractivity contribution < 1.29 is 9.59 Å². The summed E-state index contributed by atoms with van der Waals surface area (Å²) in [4.78, 5) is 25.7. The molecular weight excluding hydrogens is 204 g/mol. The Morgan fingerprint density at radius 3 is 2.44 bits per heavy atom. The Kier molecular flexibility index (Phi) is 2.37. The second-order valence-electron chi connectivity index (χ2n) is 5.24. The third-order valence-corrected chi connectivity index (χ3v) is 4.29. The highest BCUT2D eigenvalue weighted by Gasteiger charge is 2.45. The molecule has 3 amide bonds. The molecule has 0 bridgehead atoms. The predicted octanol–water partition coefficient (Wildman–Crippen LogP) is 1.65. The molecule has 3 aliphatic rings. The molecule has 88 valence electrons. The Morgan fingerprint density at radius 1 is 1.00 bits per heavy atom. The summed E-state index contributed by atoms with van der Waals surface area (Å²) in [7, 11) is 0. The van der Waals surface area contributed by atoms with E-state index in [1.807, 2.05) is 0 Å². The molecule has 0 spiro atoms. The van der Waals surface area contributed by atoms with E-state index in [9.17, 15) is 9.59 Å². The van der Waals surface area contributed by atoms with Crippen LogP contribution < -0.4 is 5.32 Å². The topological polar surface area (TPSA) is 49.4 Å². The molecule has 0 aromatic rings. The molecule has 1 heterocycles. The summed E-state index contributed by atoms with van der Waals surface area (Å²) in [6.07, 6.45) is 7.33. The molecule has 3 fully saturated rings. The second-order valence-corrected chi connectivity index (χ2v) is 5.24. The number of fused-ring (bicyclic) bond motifs is 1. The number of carbonyl (C=O) groups is 2. The minimum Gasteiger partial charge on any atom is -0.334 e. The van der Waals surface area contributed by atoms with Gasteiger partial charge in [0.2, 0.25) is 5.91 Å². The van der Waals surface area contributed by atoms with E-state index in [0.717, 1.165) is 44.9 Å². The molecule has 2 atom stereocenters. The van der Waals surface area contributed by atoms with Crippen molar-refractivity contribution in [2.75, 3.05) is 0 Å². The van der Waals surface area contributed by atoms with E-state index >= 15 is 0 Å². The average Bonchev–Trinajstić information content (AvgIpc) is 2.21. The van der Waals surface area contributed by atoms with Crippen LogP contribution in [0.4, 0.5) is 4.79 Å². The van der Waals surface area contributed by atoms with Crippen molar-refractivity contribution in [2.24, 2.45) is 5.92 Å². The first kappa shape index (κ1) is 10.1. The molecule has 2 saturated carbocycles. The fourth-order valence-corrected chi connectivity index (χ4v) is 3.10. The van der Waals surface area contributed by atoms with E-state index in [4.69, 9.17) is 0 Å². The highest BCUT2D eigenvalue weighted by molar-refractivity contribution is 5.99. The summed E-state index contributed by atoms with van der Waals surface area (Å²) in [5.74, 6) is 0.158. The first-order valence-corrected chi connectivity index (χ1v) is 6.41. The Hall–Kier alpha value is -1.06. The maximum atomic E-state index is 12.3. The van der Waals surface area contributed by atoms with Gasteiger partial charge in [-0.2, -0.15) is 0 Å². The van der Waals surface area contributed by atoms with Crippen LogP contribution in [0.1, 0.15) is 44.9 Å². The van der Waals surface area contributed by atoms with Gasteiger partial charge in [-0.05, 0) is 32.1 Å². The van der Waals surface area contributed by atoms with E-state index in [-0.39, 0.29) is 29.9 Å². The summed E-state index contributed by atoms with van der Waals surface area (Å²) in [6, 6.07) is 0.165. The predicted molar refractivity (Wildman–Crippen MR) is 58.8 cm³/mol. The first-order valence-electron chi connectivity index (χ1n) is 6.41. The zero-order chi connectivity index (χ0) is 11.1. The number of carbonyl (C=O) groups excluding carboxylic acids is 2. The van der Waals surface area contributed by atoms with E-state index < -0.39 is 0 Å². The van der Waals surface area contributed by atoms with Crippen LogP contribution >= 0.6 is 0 Å². The molecule has 16 heavy (non-hydrogen) atoms. The van der Waals surface area contributed by atoms with Gasteiger partial charge in [-0.1, -0.05) is 12.8 Å². The maximum absolute atomic E-state index is 12.3. The first-order chi connectivity index (χ1) is 7.77. The fraction of sp³-hybridized carbons (Fsp3) is 0.833. The van der Waals surface area contributed by atoms with E-state index in [0.29, 0.717) is 0 Å². The normalized spacial score (nSPS) is 35.4. The Balaban J connectivity index is 1.79. The summed E-state index contributed by atoms with van der Waals surface area (Å²) < 4.78 is 0. The SMILES string of the molecule is O=C1NC2CCCCC2C(=O)N1C1CCC1. The summed E-state index contributed by atoms with van der Waals surface area (Å²) in [6.45, 7) is 0. The minimum atomic E-state index is -0.141. The molecule has 2 unspecified atom stereocenters. The number of nitrogens with one attached hydrogen (secondary N) is 1. The number of amides is 3. The highest BCUT2D eigenvalue weighted by Crippen LogP contribution is 2.33. The van der Waals surface area contributed by atoms with Crippen molar-refractivity contribution in [1.29, 1.82) is 0 Å². The molecule has 4 heteroatoms. The summed E-state index contributed by atoms with van der Waals surface area (Å²) in [5.41, 5.74) is 0. The molecule has 2 aliphatic carbocycles. The lowest BCUT2D eigenvalue weighted by Gasteiger charge is -2.45. The smallest absolute Gasteiger partial charge is 0.324 e. The lowest BCUT2D eigenvalue weighted by molar-refractivity contribution is -0.139. The van der Waals surface area contributed by atoms with Crippen LogP contribution in [0.15, 0.2) is 0 Å². The molecule has 0 aromatic carbocycles. The number of hydrogen-bond donors (Lipinski definition) is 1. The average molecular weight is 222 g/mol. The third-order valence-electron chi connectivity index (χ3n) is 4.29. The van der Waals surface area contributed by atoms with Gasteiger partial charge in [0.15, 0.2) is 0 Å². The van der Waals surface area contributed by atoms with Crippen LogP contribution in [0.2, 0.25) is 0 Å². The van der Waals surface area contributed by atoms with Gasteiger partial charge in [-0.25, -0.2) is 4.79 Å². The lowest BCUT2D eigenvalue weighted by atomic mass is 9.80. The largest absolute Gasteiger partial charge is 0.334 e. The molecule has 1 saturated heterocycles. The van der Waals surface area contributed by atoms with Crippen molar-refractivity contribution in [2.45, 2.75) is 57.0 Å². The van der Waals surface area contributed by atoms with Crippen LogP contribution in [-0.2, 0) is 4.79 Å².